The van der Waals surface area contributed by atoms with Crippen molar-refractivity contribution in [2.75, 3.05) is 9.80 Å². The summed E-state index contributed by atoms with van der Waals surface area (Å²) in [7, 11) is 0. The zero-order chi connectivity index (χ0) is 55.0. The number of hydrogen-bond acceptors (Lipinski definition) is 4. The van der Waals surface area contributed by atoms with E-state index in [1.54, 1.807) is 0 Å². The minimum atomic E-state index is -0.145. The molecule has 0 saturated heterocycles. The fraction of sp³-hybridized carbons (Fsp3) is 0. The first-order valence-corrected chi connectivity index (χ1v) is 30.5. The molecule has 6 heteroatoms. The van der Waals surface area contributed by atoms with Gasteiger partial charge in [-0.3, -0.25) is 0 Å². The maximum Gasteiger partial charge on any atom is 0.252 e. The van der Waals surface area contributed by atoms with Gasteiger partial charge < -0.3 is 14.4 Å². The monoisotopic (exact) mass is 1100 g/mol. The van der Waals surface area contributed by atoms with E-state index >= 15 is 0 Å². The SMILES string of the molecule is c1ccc(-c2ccc(N3c4ccc(-c5ccc6c(c5)sc5ccccc56)cc4B4c5cc(-c6ccc7c(c6)sc6ccccc67)ccc5N(c5ccc(-c6ccccc6)cc5)c5cc(-n6c7ccccc7c7ccccc76)cc3c54)cc2)cc1. The lowest BCUT2D eigenvalue weighted by molar-refractivity contribution is 1.16. The van der Waals surface area contributed by atoms with Gasteiger partial charge in [-0.2, -0.15) is 0 Å². The first-order valence-electron chi connectivity index (χ1n) is 28.8. The third-order valence-electron chi connectivity index (χ3n) is 17.8. The summed E-state index contributed by atoms with van der Waals surface area (Å²) in [4.78, 5) is 5.13. The number of aromatic nitrogens is 1. The highest BCUT2D eigenvalue weighted by atomic mass is 32.1. The number of rotatable bonds is 7. The fourth-order valence-corrected chi connectivity index (χ4v) is 16.2. The summed E-state index contributed by atoms with van der Waals surface area (Å²) in [6, 6.07) is 109. The quantitative estimate of drug-likeness (QED) is 0.147. The van der Waals surface area contributed by atoms with Crippen LogP contribution in [0.2, 0.25) is 0 Å². The molecule has 3 aromatic heterocycles. The molecule has 16 aromatic rings. The van der Waals surface area contributed by atoms with Crippen LogP contribution in [-0.4, -0.2) is 11.3 Å². The van der Waals surface area contributed by atoms with Crippen LogP contribution in [0.3, 0.4) is 0 Å². The molecule has 5 heterocycles. The topological polar surface area (TPSA) is 11.4 Å². The fourth-order valence-electron chi connectivity index (χ4n) is 13.9. The zero-order valence-electron chi connectivity index (χ0n) is 45.4. The minimum absolute atomic E-state index is 0.145. The van der Waals surface area contributed by atoms with E-state index in [0.717, 1.165) is 28.4 Å². The number of nitrogens with zero attached hydrogens (tertiary/aromatic N) is 3. The average Bonchev–Trinajstić information content (AvgIpc) is 0.923. The molecular formula is C78H48BN3S2. The van der Waals surface area contributed by atoms with Crippen LogP contribution in [0.5, 0.6) is 0 Å². The van der Waals surface area contributed by atoms with Crippen molar-refractivity contribution in [2.45, 2.75) is 0 Å². The van der Waals surface area contributed by atoms with Crippen molar-refractivity contribution in [1.29, 1.82) is 0 Å². The highest BCUT2D eigenvalue weighted by Crippen LogP contribution is 2.49. The summed E-state index contributed by atoms with van der Waals surface area (Å²) in [5.41, 5.74) is 23.7. The van der Waals surface area contributed by atoms with E-state index in [1.165, 1.54) is 134 Å². The van der Waals surface area contributed by atoms with Gasteiger partial charge in [-0.15, -0.1) is 22.7 Å². The average molecular weight is 1100 g/mol. The van der Waals surface area contributed by atoms with E-state index in [-0.39, 0.29) is 6.71 Å². The van der Waals surface area contributed by atoms with Crippen LogP contribution in [0.15, 0.2) is 291 Å². The van der Waals surface area contributed by atoms with Crippen molar-refractivity contribution in [2.24, 2.45) is 0 Å². The molecule has 0 bridgehead atoms. The third-order valence-corrected chi connectivity index (χ3v) is 20.0. The normalized spacial score (nSPS) is 12.7. The first kappa shape index (κ1) is 47.4. The molecule has 18 rings (SSSR count). The second kappa shape index (κ2) is 18.6. The van der Waals surface area contributed by atoms with Crippen molar-refractivity contribution in [3.63, 3.8) is 0 Å². The summed E-state index contributed by atoms with van der Waals surface area (Å²) in [5.74, 6) is 0. The Balaban J connectivity index is 0.930. The molecule has 0 unspecified atom stereocenters. The Hall–Kier alpha value is -10.2. The van der Waals surface area contributed by atoms with E-state index in [2.05, 4.69) is 306 Å². The molecule has 0 saturated carbocycles. The number of hydrogen-bond donors (Lipinski definition) is 0. The van der Waals surface area contributed by atoms with Crippen molar-refractivity contribution in [3.05, 3.63) is 291 Å². The van der Waals surface area contributed by atoms with E-state index in [9.17, 15) is 0 Å². The van der Waals surface area contributed by atoms with Crippen LogP contribution in [0.25, 0.3) is 112 Å². The van der Waals surface area contributed by atoms with Crippen LogP contribution >= 0.6 is 22.7 Å². The molecule has 0 fully saturated rings. The Bertz CT molecular complexity index is 5000. The van der Waals surface area contributed by atoms with E-state index < -0.39 is 0 Å². The lowest BCUT2D eigenvalue weighted by Gasteiger charge is -2.44. The van der Waals surface area contributed by atoms with Gasteiger partial charge in [0.25, 0.3) is 6.71 Å². The number of thiophene rings is 2. The minimum Gasteiger partial charge on any atom is -0.311 e. The van der Waals surface area contributed by atoms with Gasteiger partial charge in [0.15, 0.2) is 0 Å². The molecule has 0 N–H and O–H groups in total. The predicted octanol–water partition coefficient (Wildman–Crippen LogP) is 20.3. The summed E-state index contributed by atoms with van der Waals surface area (Å²) in [6.45, 7) is -0.145. The third kappa shape index (κ3) is 7.31. The summed E-state index contributed by atoms with van der Waals surface area (Å²) in [5, 5.41) is 7.70. The molecule has 3 nitrogen and oxygen atoms in total. The van der Waals surface area contributed by atoms with Gasteiger partial charge in [0.05, 0.1) is 16.7 Å². The molecule has 2 aliphatic rings. The number of fused-ring (bicyclic) bond motifs is 13. The van der Waals surface area contributed by atoms with Crippen LogP contribution in [-0.2, 0) is 0 Å². The summed E-state index contributed by atoms with van der Waals surface area (Å²) in [6.07, 6.45) is 0. The molecule has 390 valence electrons. The molecule has 2 aliphatic heterocycles. The van der Waals surface area contributed by atoms with Crippen molar-refractivity contribution < 1.29 is 0 Å². The number of benzene rings is 13. The van der Waals surface area contributed by atoms with Crippen LogP contribution in [0.1, 0.15) is 0 Å². The molecule has 13 aromatic carbocycles. The Morgan fingerprint density at radius 2 is 0.595 bits per heavy atom. The highest BCUT2D eigenvalue weighted by Gasteiger charge is 2.44. The van der Waals surface area contributed by atoms with Crippen molar-refractivity contribution >= 4 is 142 Å². The van der Waals surface area contributed by atoms with Crippen LogP contribution in [0.4, 0.5) is 34.1 Å². The Morgan fingerprint density at radius 3 is 1.06 bits per heavy atom. The molecule has 0 spiro atoms. The number of para-hydroxylation sites is 2. The van der Waals surface area contributed by atoms with Gasteiger partial charge in [0.2, 0.25) is 0 Å². The molecular weight excluding hydrogens is 1050 g/mol. The second-order valence-corrected chi connectivity index (χ2v) is 24.5. The molecule has 0 atom stereocenters. The first-order chi connectivity index (χ1) is 41.6. The largest absolute Gasteiger partial charge is 0.311 e. The smallest absolute Gasteiger partial charge is 0.252 e. The zero-order valence-corrected chi connectivity index (χ0v) is 47.1. The molecule has 84 heavy (non-hydrogen) atoms. The van der Waals surface area contributed by atoms with Crippen LogP contribution < -0.4 is 26.2 Å². The lowest BCUT2D eigenvalue weighted by Crippen LogP contribution is -2.61. The highest BCUT2D eigenvalue weighted by molar-refractivity contribution is 7.26. The molecule has 0 aliphatic carbocycles. The lowest BCUT2D eigenvalue weighted by atomic mass is 9.33. The summed E-state index contributed by atoms with van der Waals surface area (Å²) < 4.78 is 7.72. The maximum atomic E-state index is 2.57. The number of anilines is 6. The molecule has 0 amide bonds. The second-order valence-electron chi connectivity index (χ2n) is 22.4. The van der Waals surface area contributed by atoms with Crippen molar-refractivity contribution in [3.8, 4) is 50.2 Å². The van der Waals surface area contributed by atoms with Gasteiger partial charge in [-0.05, 0) is 146 Å². The van der Waals surface area contributed by atoms with Gasteiger partial charge in [-0.25, -0.2) is 0 Å². The summed E-state index contributed by atoms with van der Waals surface area (Å²) >= 11 is 3.76. The van der Waals surface area contributed by atoms with Gasteiger partial charge >= 0.3 is 0 Å². The van der Waals surface area contributed by atoms with Gasteiger partial charge in [0.1, 0.15) is 0 Å². The Morgan fingerprint density at radius 1 is 0.238 bits per heavy atom. The van der Waals surface area contributed by atoms with Gasteiger partial charge in [-0.1, -0.05) is 206 Å². The van der Waals surface area contributed by atoms with E-state index in [1.807, 2.05) is 22.7 Å². The van der Waals surface area contributed by atoms with Gasteiger partial charge in [0, 0.05) is 85.2 Å². The Labute approximate surface area is 494 Å². The standard InChI is InChI=1S/C78H48BN3S2/c1-3-15-49(16-4-1)51-27-35-57(36-28-51)80-70-41-33-53(55-31-39-64-62-21-9-13-25-74(62)83-76(64)45-55)43-66(70)79-67-44-54(56-32-40-65-63-22-10-14-26-75(63)84-77(65)46-56)34-42-71(67)81(58-37-29-52(30-38-58)50-17-5-2-6-18-50)73-48-59(47-72(80)78(73)79)82-68-23-11-7-19-60(68)61-20-8-12-24-69(61)82/h1-48H. The predicted molar refractivity (Wildman–Crippen MR) is 362 cm³/mol. The van der Waals surface area contributed by atoms with Crippen molar-refractivity contribution in [1.82, 2.24) is 4.57 Å². The Kier molecular flexibility index (Phi) is 10.5. The van der Waals surface area contributed by atoms with E-state index in [4.69, 9.17) is 0 Å². The molecule has 0 radical (unpaired) electrons. The maximum absolute atomic E-state index is 2.57. The van der Waals surface area contributed by atoms with E-state index in [0.29, 0.717) is 0 Å². The van der Waals surface area contributed by atoms with Crippen LogP contribution in [0, 0.1) is 0 Å².